The number of aromatic nitrogens is 2. The average molecular weight is 352 g/mol. The summed E-state index contributed by atoms with van der Waals surface area (Å²) in [5.74, 6) is -0.0661. The highest BCUT2D eigenvalue weighted by molar-refractivity contribution is 5.95. The highest BCUT2D eigenvalue weighted by Crippen LogP contribution is 2.46. The van der Waals surface area contributed by atoms with Gasteiger partial charge in [0.2, 0.25) is 0 Å². The summed E-state index contributed by atoms with van der Waals surface area (Å²) in [5, 5.41) is 13.6. The van der Waals surface area contributed by atoms with E-state index in [0.717, 1.165) is 29.7 Å². The molecule has 5 heteroatoms. The van der Waals surface area contributed by atoms with E-state index in [-0.39, 0.29) is 6.04 Å². The zero-order chi connectivity index (χ0) is 19.3. The number of hydrogen-bond donors (Lipinski definition) is 1. The number of carbonyl (C=O) groups excluding carboxylic acids is 1. The summed E-state index contributed by atoms with van der Waals surface area (Å²) in [6, 6.07) is 9.46. The fourth-order valence-electron chi connectivity index (χ4n) is 2.74. The van der Waals surface area contributed by atoms with Crippen molar-refractivity contribution in [2.75, 3.05) is 0 Å². The number of primary amides is 1. The number of benzene rings is 1. The Labute approximate surface area is 155 Å². The van der Waals surface area contributed by atoms with E-state index >= 15 is 0 Å². The van der Waals surface area contributed by atoms with Crippen molar-refractivity contribution in [3.63, 3.8) is 0 Å². The lowest BCUT2D eigenvalue weighted by atomic mass is 10.0. The van der Waals surface area contributed by atoms with Crippen molar-refractivity contribution < 1.29 is 4.79 Å². The first kappa shape index (κ1) is 19.7. The molecule has 138 valence electrons. The molecule has 0 radical (unpaired) electrons. The fraction of sp³-hybridized carbons (Fsp3) is 0.476. The summed E-state index contributed by atoms with van der Waals surface area (Å²) in [7, 11) is 0. The van der Waals surface area contributed by atoms with E-state index in [1.165, 1.54) is 12.8 Å². The number of nitrogens with two attached hydrogens (primary N) is 1. The molecule has 0 saturated heterocycles. The third-order valence-electron chi connectivity index (χ3n) is 4.44. The van der Waals surface area contributed by atoms with Gasteiger partial charge in [-0.3, -0.25) is 9.48 Å². The standard InChI is InChI=1S/C17H18N4O.C4H10/c1-10(2)21-16(17(19)22)14(12-7-8-12)15(20-21)13-5-3-11(9-18)4-6-13;1-3-4-2/h3-6,10,12H,7-8H2,1-2H3,(H2,19,22);3-4H2,1-2H3. The van der Waals surface area contributed by atoms with Crippen molar-refractivity contribution in [2.45, 2.75) is 65.3 Å². The predicted octanol–water partition coefficient (Wildman–Crippen LogP) is 4.79. The van der Waals surface area contributed by atoms with Crippen LogP contribution in [0.2, 0.25) is 0 Å². The van der Waals surface area contributed by atoms with E-state index < -0.39 is 5.91 Å². The van der Waals surface area contributed by atoms with Crippen LogP contribution in [0.15, 0.2) is 24.3 Å². The maximum Gasteiger partial charge on any atom is 0.267 e. The molecule has 1 aromatic carbocycles. The highest BCUT2D eigenvalue weighted by atomic mass is 16.1. The van der Waals surface area contributed by atoms with Crippen LogP contribution in [0, 0.1) is 11.3 Å². The molecule has 0 spiro atoms. The molecular formula is C21H28N4O. The van der Waals surface area contributed by atoms with Crippen LogP contribution in [0.25, 0.3) is 11.3 Å². The maximum atomic E-state index is 11.9. The van der Waals surface area contributed by atoms with E-state index in [9.17, 15) is 4.79 Å². The Balaban J connectivity index is 0.000000552. The molecule has 1 aliphatic rings. The topological polar surface area (TPSA) is 84.7 Å². The van der Waals surface area contributed by atoms with Crippen LogP contribution in [-0.2, 0) is 0 Å². The van der Waals surface area contributed by atoms with Crippen molar-refractivity contribution in [3.05, 3.63) is 41.1 Å². The Bertz CT molecular complexity index is 791. The molecule has 1 aliphatic carbocycles. The monoisotopic (exact) mass is 352 g/mol. The van der Waals surface area contributed by atoms with Gasteiger partial charge in [-0.05, 0) is 44.7 Å². The second kappa shape index (κ2) is 8.66. The number of carbonyl (C=O) groups is 1. The average Bonchev–Trinajstić information content (AvgIpc) is 3.40. The van der Waals surface area contributed by atoms with Crippen LogP contribution in [0.3, 0.4) is 0 Å². The van der Waals surface area contributed by atoms with Gasteiger partial charge >= 0.3 is 0 Å². The van der Waals surface area contributed by atoms with E-state index in [2.05, 4.69) is 25.0 Å². The molecule has 0 aliphatic heterocycles. The molecule has 1 amide bonds. The van der Waals surface area contributed by atoms with Crippen molar-refractivity contribution in [1.29, 1.82) is 5.26 Å². The van der Waals surface area contributed by atoms with Crippen LogP contribution in [0.5, 0.6) is 0 Å². The van der Waals surface area contributed by atoms with E-state index in [1.807, 2.05) is 26.0 Å². The van der Waals surface area contributed by atoms with E-state index in [4.69, 9.17) is 11.0 Å². The number of rotatable bonds is 5. The quantitative estimate of drug-likeness (QED) is 0.840. The van der Waals surface area contributed by atoms with Gasteiger partial charge in [0.25, 0.3) is 5.91 Å². The molecule has 1 aromatic heterocycles. The van der Waals surface area contributed by atoms with Crippen LogP contribution < -0.4 is 5.73 Å². The molecule has 0 atom stereocenters. The number of nitrogens with zero attached hydrogens (tertiary/aromatic N) is 3. The molecule has 5 nitrogen and oxygen atoms in total. The molecule has 2 aromatic rings. The van der Waals surface area contributed by atoms with Gasteiger partial charge in [0.15, 0.2) is 0 Å². The van der Waals surface area contributed by atoms with Crippen LogP contribution in [0.4, 0.5) is 0 Å². The SMILES string of the molecule is CC(C)n1nc(-c2ccc(C#N)cc2)c(C2CC2)c1C(N)=O.CCCC. The number of hydrogen-bond acceptors (Lipinski definition) is 3. The Morgan fingerprint density at radius 1 is 1.27 bits per heavy atom. The van der Waals surface area contributed by atoms with Crippen LogP contribution in [0.1, 0.15) is 87.0 Å². The van der Waals surface area contributed by atoms with Gasteiger partial charge < -0.3 is 5.73 Å². The zero-order valence-electron chi connectivity index (χ0n) is 16.1. The Hall–Kier alpha value is -2.61. The predicted molar refractivity (Wildman–Crippen MR) is 104 cm³/mol. The minimum atomic E-state index is -0.428. The van der Waals surface area contributed by atoms with Gasteiger partial charge in [0.1, 0.15) is 5.69 Å². The molecular weight excluding hydrogens is 324 g/mol. The van der Waals surface area contributed by atoms with Crippen molar-refractivity contribution >= 4 is 5.91 Å². The van der Waals surface area contributed by atoms with E-state index in [0.29, 0.717) is 17.2 Å². The zero-order valence-corrected chi connectivity index (χ0v) is 16.1. The van der Waals surface area contributed by atoms with Gasteiger partial charge in [-0.2, -0.15) is 10.4 Å². The lowest BCUT2D eigenvalue weighted by Crippen LogP contribution is -2.20. The van der Waals surface area contributed by atoms with Gasteiger partial charge in [0, 0.05) is 17.2 Å². The molecule has 0 unspecified atom stereocenters. The number of nitriles is 1. The van der Waals surface area contributed by atoms with Crippen LogP contribution in [-0.4, -0.2) is 15.7 Å². The molecule has 3 rings (SSSR count). The third-order valence-corrected chi connectivity index (χ3v) is 4.44. The summed E-state index contributed by atoms with van der Waals surface area (Å²) in [6.07, 6.45) is 4.76. The van der Waals surface area contributed by atoms with Gasteiger partial charge in [-0.1, -0.05) is 38.8 Å². The third kappa shape index (κ3) is 4.32. The summed E-state index contributed by atoms with van der Waals surface area (Å²) in [4.78, 5) is 11.9. The summed E-state index contributed by atoms with van der Waals surface area (Å²) >= 11 is 0. The lowest BCUT2D eigenvalue weighted by Gasteiger charge is -2.09. The normalized spacial score (nSPS) is 13.1. The molecule has 1 heterocycles. The molecule has 1 saturated carbocycles. The Morgan fingerprint density at radius 2 is 1.85 bits per heavy atom. The molecule has 2 N–H and O–H groups in total. The minimum absolute atomic E-state index is 0.0622. The summed E-state index contributed by atoms with van der Waals surface area (Å²) < 4.78 is 1.73. The van der Waals surface area contributed by atoms with E-state index in [1.54, 1.807) is 16.8 Å². The first-order valence-corrected chi connectivity index (χ1v) is 9.37. The first-order valence-electron chi connectivity index (χ1n) is 9.37. The van der Waals surface area contributed by atoms with Gasteiger partial charge in [0.05, 0.1) is 17.3 Å². The number of unbranched alkanes of at least 4 members (excludes halogenated alkanes) is 1. The first-order chi connectivity index (χ1) is 12.4. The highest BCUT2D eigenvalue weighted by Gasteiger charge is 2.35. The lowest BCUT2D eigenvalue weighted by molar-refractivity contribution is 0.0987. The van der Waals surface area contributed by atoms with Crippen molar-refractivity contribution in [1.82, 2.24) is 9.78 Å². The Morgan fingerprint density at radius 3 is 2.23 bits per heavy atom. The summed E-state index contributed by atoms with van der Waals surface area (Å²) in [6.45, 7) is 8.33. The fourth-order valence-corrected chi connectivity index (χ4v) is 2.74. The molecule has 26 heavy (non-hydrogen) atoms. The smallest absolute Gasteiger partial charge is 0.267 e. The Kier molecular flexibility index (Phi) is 6.57. The van der Waals surface area contributed by atoms with Gasteiger partial charge in [-0.25, -0.2) is 0 Å². The van der Waals surface area contributed by atoms with Crippen molar-refractivity contribution in [2.24, 2.45) is 5.73 Å². The maximum absolute atomic E-state index is 11.9. The second-order valence-corrected chi connectivity index (χ2v) is 6.98. The minimum Gasteiger partial charge on any atom is -0.364 e. The van der Waals surface area contributed by atoms with Crippen LogP contribution >= 0.6 is 0 Å². The largest absolute Gasteiger partial charge is 0.364 e. The molecule has 1 fully saturated rings. The summed E-state index contributed by atoms with van der Waals surface area (Å²) in [5.41, 5.74) is 9.44. The number of amides is 1. The molecule has 0 bridgehead atoms. The second-order valence-electron chi connectivity index (χ2n) is 6.98. The van der Waals surface area contributed by atoms with Crippen molar-refractivity contribution in [3.8, 4) is 17.3 Å². The van der Waals surface area contributed by atoms with Gasteiger partial charge in [-0.15, -0.1) is 0 Å².